The molecule has 0 bridgehead atoms. The standard InChI is InChI=1S/C22H27NO2Se/c1-3-22(24,18-11-13-20(25-2)14-12-18)17-23-15-7-8-19(23)16-26-21-9-5-4-6-10-21/h3-6,9-14,19,24H,1,7-8,15-17H2,2H3/t19-,22?/m0/s1. The molecular weight excluding hydrogens is 389 g/mol. The Balaban J connectivity index is 1.66. The van der Waals surface area contributed by atoms with E-state index in [2.05, 4.69) is 41.8 Å². The molecule has 2 atom stereocenters. The third-order valence-corrected chi connectivity index (χ3v) is 7.48. The van der Waals surface area contributed by atoms with Gasteiger partial charge in [-0.1, -0.05) is 0 Å². The zero-order valence-electron chi connectivity index (χ0n) is 15.3. The molecule has 3 nitrogen and oxygen atoms in total. The third-order valence-electron chi connectivity index (χ3n) is 5.06. The second-order valence-corrected chi connectivity index (χ2v) is 9.04. The van der Waals surface area contributed by atoms with Gasteiger partial charge in [0, 0.05) is 0 Å². The molecule has 1 unspecified atom stereocenters. The summed E-state index contributed by atoms with van der Waals surface area (Å²) in [7, 11) is 1.65. The number of methoxy groups -OCH3 is 1. The van der Waals surface area contributed by atoms with Crippen molar-refractivity contribution in [1.29, 1.82) is 0 Å². The fraction of sp³-hybridized carbons (Fsp3) is 0.364. The topological polar surface area (TPSA) is 32.7 Å². The minimum absolute atomic E-state index is 0.473. The van der Waals surface area contributed by atoms with E-state index in [1.165, 1.54) is 22.6 Å². The zero-order valence-corrected chi connectivity index (χ0v) is 17.0. The monoisotopic (exact) mass is 417 g/mol. The van der Waals surface area contributed by atoms with E-state index in [4.69, 9.17) is 4.74 Å². The van der Waals surface area contributed by atoms with Gasteiger partial charge in [-0.3, -0.25) is 0 Å². The van der Waals surface area contributed by atoms with E-state index in [0.717, 1.165) is 17.9 Å². The van der Waals surface area contributed by atoms with Crippen molar-refractivity contribution >= 4 is 19.4 Å². The quantitative estimate of drug-likeness (QED) is 0.531. The molecule has 0 radical (unpaired) electrons. The van der Waals surface area contributed by atoms with Crippen LogP contribution < -0.4 is 9.20 Å². The van der Waals surface area contributed by atoms with Crippen molar-refractivity contribution in [3.05, 3.63) is 72.8 Å². The van der Waals surface area contributed by atoms with Crippen LogP contribution in [0, 0.1) is 0 Å². The number of benzene rings is 2. The summed E-state index contributed by atoms with van der Waals surface area (Å²) >= 11 is 0.473. The van der Waals surface area contributed by atoms with Gasteiger partial charge in [-0.05, 0) is 0 Å². The molecule has 1 heterocycles. The van der Waals surface area contributed by atoms with Gasteiger partial charge in [0.1, 0.15) is 0 Å². The predicted molar refractivity (Wildman–Crippen MR) is 108 cm³/mol. The molecule has 1 saturated heterocycles. The minimum atomic E-state index is -1.03. The normalized spacial score (nSPS) is 19.8. The summed E-state index contributed by atoms with van der Waals surface area (Å²) in [4.78, 5) is 2.44. The Morgan fingerprint density at radius 3 is 2.62 bits per heavy atom. The fourth-order valence-corrected chi connectivity index (χ4v) is 5.80. The number of rotatable bonds is 8. The summed E-state index contributed by atoms with van der Waals surface area (Å²) < 4.78 is 6.67. The van der Waals surface area contributed by atoms with Gasteiger partial charge in [0.2, 0.25) is 0 Å². The number of hydrogen-bond acceptors (Lipinski definition) is 3. The van der Waals surface area contributed by atoms with Crippen LogP contribution in [0.2, 0.25) is 5.32 Å². The van der Waals surface area contributed by atoms with Crippen molar-refractivity contribution in [2.45, 2.75) is 29.8 Å². The van der Waals surface area contributed by atoms with Crippen molar-refractivity contribution in [2.24, 2.45) is 0 Å². The molecule has 0 aliphatic carbocycles. The van der Waals surface area contributed by atoms with Crippen LogP contribution in [0.25, 0.3) is 0 Å². The molecule has 1 N–H and O–H groups in total. The van der Waals surface area contributed by atoms with E-state index < -0.39 is 5.60 Å². The molecule has 0 amide bonds. The Kier molecular flexibility index (Phi) is 6.55. The van der Waals surface area contributed by atoms with E-state index in [1.54, 1.807) is 13.2 Å². The summed E-state index contributed by atoms with van der Waals surface area (Å²) in [5, 5.41) is 12.4. The van der Waals surface area contributed by atoms with Crippen LogP contribution in [0.15, 0.2) is 67.3 Å². The van der Waals surface area contributed by atoms with Crippen molar-refractivity contribution in [2.75, 3.05) is 20.2 Å². The third kappa shape index (κ3) is 4.57. The van der Waals surface area contributed by atoms with Crippen LogP contribution in [-0.4, -0.2) is 51.2 Å². The number of ether oxygens (including phenoxy) is 1. The van der Waals surface area contributed by atoms with Crippen LogP contribution >= 0.6 is 0 Å². The Hall–Kier alpha value is -1.58. The molecular formula is C22H27NO2Se. The van der Waals surface area contributed by atoms with Gasteiger partial charge in [0.15, 0.2) is 0 Å². The van der Waals surface area contributed by atoms with Gasteiger partial charge in [-0.2, -0.15) is 0 Å². The van der Waals surface area contributed by atoms with Crippen LogP contribution in [0.5, 0.6) is 5.75 Å². The van der Waals surface area contributed by atoms with E-state index in [0.29, 0.717) is 27.5 Å². The summed E-state index contributed by atoms with van der Waals surface area (Å²) in [6.07, 6.45) is 4.09. The molecule has 4 heteroatoms. The molecule has 138 valence electrons. The molecule has 1 aliphatic rings. The Morgan fingerprint density at radius 2 is 1.96 bits per heavy atom. The van der Waals surface area contributed by atoms with E-state index in [9.17, 15) is 5.11 Å². The fourth-order valence-electron chi connectivity index (χ4n) is 3.46. The molecule has 1 aliphatic heterocycles. The van der Waals surface area contributed by atoms with Gasteiger partial charge < -0.3 is 0 Å². The summed E-state index contributed by atoms with van der Waals surface area (Å²) in [5.74, 6) is 0.796. The molecule has 1 fully saturated rings. The summed E-state index contributed by atoms with van der Waals surface area (Å²) in [6, 6.07) is 18.9. The van der Waals surface area contributed by atoms with E-state index in [1.807, 2.05) is 24.3 Å². The first-order chi connectivity index (χ1) is 12.6. The Labute approximate surface area is 162 Å². The van der Waals surface area contributed by atoms with Gasteiger partial charge in [-0.25, -0.2) is 0 Å². The average Bonchev–Trinajstić information content (AvgIpc) is 3.13. The maximum atomic E-state index is 11.2. The maximum absolute atomic E-state index is 11.2. The molecule has 0 saturated carbocycles. The average molecular weight is 416 g/mol. The molecule has 2 aromatic carbocycles. The van der Waals surface area contributed by atoms with Crippen molar-refractivity contribution in [3.8, 4) is 5.75 Å². The molecule has 2 aromatic rings. The first kappa shape index (κ1) is 19.2. The second-order valence-electron chi connectivity index (χ2n) is 6.75. The Morgan fingerprint density at radius 1 is 1.23 bits per heavy atom. The van der Waals surface area contributed by atoms with Gasteiger partial charge >= 0.3 is 163 Å². The van der Waals surface area contributed by atoms with E-state index >= 15 is 0 Å². The predicted octanol–water partition coefficient (Wildman–Crippen LogP) is 2.98. The first-order valence-corrected chi connectivity index (χ1v) is 11.1. The van der Waals surface area contributed by atoms with Crippen molar-refractivity contribution < 1.29 is 9.84 Å². The zero-order chi connectivity index (χ0) is 18.4. The van der Waals surface area contributed by atoms with Gasteiger partial charge in [0.25, 0.3) is 0 Å². The molecule has 3 rings (SSSR count). The SMILES string of the molecule is C=CC(O)(CN1CCC[C@H]1C[Se]c1ccccc1)c1ccc(OC)cc1. The van der Waals surface area contributed by atoms with Gasteiger partial charge in [0.05, 0.1) is 0 Å². The van der Waals surface area contributed by atoms with Crippen LogP contribution in [0.3, 0.4) is 0 Å². The number of likely N-dealkylation sites (tertiary alicyclic amines) is 1. The Bertz CT molecular complexity index is 704. The number of hydrogen-bond donors (Lipinski definition) is 1. The van der Waals surface area contributed by atoms with Gasteiger partial charge in [-0.15, -0.1) is 0 Å². The van der Waals surface area contributed by atoms with E-state index in [-0.39, 0.29) is 0 Å². The van der Waals surface area contributed by atoms with Crippen LogP contribution in [0.4, 0.5) is 0 Å². The summed E-state index contributed by atoms with van der Waals surface area (Å²) in [5.41, 5.74) is -0.165. The number of β-amino-alcohol motifs (C(OH)–C–C–N with tert-alkyl or cyclic N) is 1. The van der Waals surface area contributed by atoms with Crippen molar-refractivity contribution in [1.82, 2.24) is 4.90 Å². The summed E-state index contributed by atoms with van der Waals surface area (Å²) in [6.45, 7) is 5.55. The number of nitrogens with zero attached hydrogens (tertiary/aromatic N) is 1. The van der Waals surface area contributed by atoms with Crippen molar-refractivity contribution in [3.63, 3.8) is 0 Å². The first-order valence-electron chi connectivity index (χ1n) is 9.07. The van der Waals surface area contributed by atoms with Crippen LogP contribution in [-0.2, 0) is 5.60 Å². The number of aliphatic hydroxyl groups is 1. The molecule has 0 spiro atoms. The molecule has 0 aromatic heterocycles. The van der Waals surface area contributed by atoms with Crippen LogP contribution in [0.1, 0.15) is 18.4 Å². The second kappa shape index (κ2) is 8.87. The molecule has 26 heavy (non-hydrogen) atoms.